The zero-order chi connectivity index (χ0) is 19.4. The standard InChI is InChI=1S/C20H19FO6/c1-20(21)16(27-18(23)14-10-6-3-7-11-14)15(26-19(20)24)12-25-17(22)13-8-4-2-5-9-13/h2-11,15-16,19,24H,12H2,1H3/t15-,16-,19?,20+/m1/s1. The molecular weight excluding hydrogens is 355 g/mol. The Morgan fingerprint density at radius 2 is 1.56 bits per heavy atom. The van der Waals surface area contributed by atoms with Gasteiger partial charge in [-0.05, 0) is 31.2 Å². The Morgan fingerprint density at radius 3 is 2.11 bits per heavy atom. The van der Waals surface area contributed by atoms with Crippen LogP contribution >= 0.6 is 0 Å². The van der Waals surface area contributed by atoms with Crippen LogP contribution in [0.3, 0.4) is 0 Å². The lowest BCUT2D eigenvalue weighted by atomic mass is 9.99. The van der Waals surface area contributed by atoms with Crippen molar-refractivity contribution >= 4 is 11.9 Å². The highest BCUT2D eigenvalue weighted by Crippen LogP contribution is 2.36. The summed E-state index contributed by atoms with van der Waals surface area (Å²) >= 11 is 0. The first kappa shape index (κ1) is 19.0. The molecule has 1 aliphatic rings. The van der Waals surface area contributed by atoms with Gasteiger partial charge in [-0.3, -0.25) is 0 Å². The molecule has 27 heavy (non-hydrogen) atoms. The normalized spacial score (nSPS) is 27.1. The highest BCUT2D eigenvalue weighted by atomic mass is 19.1. The third-order valence-corrected chi connectivity index (χ3v) is 4.31. The van der Waals surface area contributed by atoms with E-state index in [1.165, 1.54) is 12.1 Å². The van der Waals surface area contributed by atoms with Gasteiger partial charge >= 0.3 is 11.9 Å². The summed E-state index contributed by atoms with van der Waals surface area (Å²) in [6.07, 6.45) is -4.40. The Hall–Kier alpha value is -2.77. The van der Waals surface area contributed by atoms with Crippen LogP contribution in [-0.2, 0) is 14.2 Å². The summed E-state index contributed by atoms with van der Waals surface area (Å²) in [5.41, 5.74) is -1.81. The maximum atomic E-state index is 14.8. The zero-order valence-electron chi connectivity index (χ0n) is 14.6. The Morgan fingerprint density at radius 1 is 1.04 bits per heavy atom. The Bertz CT molecular complexity index is 793. The van der Waals surface area contributed by atoms with Crippen molar-refractivity contribution in [2.45, 2.75) is 31.1 Å². The van der Waals surface area contributed by atoms with Crippen LogP contribution in [0.25, 0.3) is 0 Å². The van der Waals surface area contributed by atoms with E-state index in [1.54, 1.807) is 48.5 Å². The van der Waals surface area contributed by atoms with Crippen LogP contribution in [0.4, 0.5) is 4.39 Å². The number of esters is 2. The lowest BCUT2D eigenvalue weighted by Gasteiger charge is -2.25. The fraction of sp³-hybridized carbons (Fsp3) is 0.300. The summed E-state index contributed by atoms with van der Waals surface area (Å²) in [4.78, 5) is 24.3. The van der Waals surface area contributed by atoms with E-state index in [4.69, 9.17) is 14.2 Å². The van der Waals surface area contributed by atoms with Crippen molar-refractivity contribution in [2.75, 3.05) is 6.61 Å². The van der Waals surface area contributed by atoms with Gasteiger partial charge in [0.1, 0.15) is 12.7 Å². The molecule has 0 amide bonds. The van der Waals surface area contributed by atoms with Gasteiger partial charge in [0.2, 0.25) is 0 Å². The van der Waals surface area contributed by atoms with Crippen LogP contribution in [0, 0.1) is 0 Å². The fourth-order valence-corrected chi connectivity index (χ4v) is 2.76. The summed E-state index contributed by atoms with van der Waals surface area (Å²) in [6, 6.07) is 16.3. The fourth-order valence-electron chi connectivity index (χ4n) is 2.76. The minimum atomic E-state index is -2.35. The maximum Gasteiger partial charge on any atom is 0.338 e. The van der Waals surface area contributed by atoms with Gasteiger partial charge in [-0.2, -0.15) is 0 Å². The molecule has 6 nitrogen and oxygen atoms in total. The average Bonchev–Trinajstić information content (AvgIpc) is 2.90. The smallest absolute Gasteiger partial charge is 0.338 e. The first-order chi connectivity index (χ1) is 12.9. The summed E-state index contributed by atoms with van der Waals surface area (Å²) in [5.74, 6) is -1.39. The molecule has 142 valence electrons. The molecule has 0 spiro atoms. The van der Waals surface area contributed by atoms with Gasteiger partial charge < -0.3 is 19.3 Å². The lowest BCUT2D eigenvalue weighted by Crippen LogP contribution is -2.45. The van der Waals surface area contributed by atoms with Crippen molar-refractivity contribution < 1.29 is 33.3 Å². The lowest BCUT2D eigenvalue weighted by molar-refractivity contribution is -0.144. The molecule has 0 saturated carbocycles. The number of hydrogen-bond donors (Lipinski definition) is 1. The quantitative estimate of drug-likeness (QED) is 0.810. The molecular formula is C20H19FO6. The van der Waals surface area contributed by atoms with Crippen LogP contribution in [0.15, 0.2) is 60.7 Å². The number of carbonyl (C=O) groups is 2. The van der Waals surface area contributed by atoms with E-state index in [-0.39, 0.29) is 12.2 Å². The van der Waals surface area contributed by atoms with E-state index in [0.29, 0.717) is 5.56 Å². The molecule has 1 unspecified atom stereocenters. The zero-order valence-corrected chi connectivity index (χ0v) is 14.6. The van der Waals surface area contributed by atoms with Crippen molar-refractivity contribution in [1.82, 2.24) is 0 Å². The first-order valence-corrected chi connectivity index (χ1v) is 8.40. The van der Waals surface area contributed by atoms with E-state index in [9.17, 15) is 19.1 Å². The molecule has 1 saturated heterocycles. The van der Waals surface area contributed by atoms with Gasteiger partial charge in [-0.1, -0.05) is 36.4 Å². The summed E-state index contributed by atoms with van der Waals surface area (Å²) in [5, 5.41) is 9.83. The molecule has 7 heteroatoms. The molecule has 0 bridgehead atoms. The number of ether oxygens (including phenoxy) is 3. The summed E-state index contributed by atoms with van der Waals surface area (Å²) in [7, 11) is 0. The van der Waals surface area contributed by atoms with E-state index in [1.807, 2.05) is 0 Å². The van der Waals surface area contributed by atoms with Crippen LogP contribution in [0.2, 0.25) is 0 Å². The number of carbonyl (C=O) groups excluding carboxylic acids is 2. The summed E-state index contributed by atoms with van der Waals surface area (Å²) in [6.45, 7) is 0.691. The Balaban J connectivity index is 1.69. The maximum absolute atomic E-state index is 14.8. The van der Waals surface area contributed by atoms with Crippen molar-refractivity contribution in [3.8, 4) is 0 Å². The van der Waals surface area contributed by atoms with E-state index in [0.717, 1.165) is 6.92 Å². The second kappa shape index (κ2) is 7.85. The predicted octanol–water partition coefficient (Wildman–Crippen LogP) is 2.51. The predicted molar refractivity (Wildman–Crippen MR) is 92.8 cm³/mol. The molecule has 0 aromatic heterocycles. The highest BCUT2D eigenvalue weighted by Gasteiger charge is 2.57. The van der Waals surface area contributed by atoms with Crippen molar-refractivity contribution in [3.05, 3.63) is 71.8 Å². The molecule has 0 radical (unpaired) electrons. The molecule has 2 aromatic rings. The summed E-state index contributed by atoms with van der Waals surface area (Å²) < 4.78 is 30.4. The van der Waals surface area contributed by atoms with E-state index < -0.39 is 36.1 Å². The van der Waals surface area contributed by atoms with E-state index in [2.05, 4.69) is 0 Å². The van der Waals surface area contributed by atoms with Crippen LogP contribution in [0.1, 0.15) is 27.6 Å². The average molecular weight is 374 g/mol. The van der Waals surface area contributed by atoms with Gasteiger partial charge in [-0.15, -0.1) is 0 Å². The number of alkyl halides is 1. The van der Waals surface area contributed by atoms with Gasteiger partial charge in [-0.25, -0.2) is 14.0 Å². The number of halogens is 1. The van der Waals surface area contributed by atoms with Crippen LogP contribution in [0.5, 0.6) is 0 Å². The second-order valence-electron chi connectivity index (χ2n) is 6.33. The molecule has 1 aliphatic heterocycles. The van der Waals surface area contributed by atoms with Gasteiger partial charge in [0.25, 0.3) is 0 Å². The van der Waals surface area contributed by atoms with Crippen LogP contribution < -0.4 is 0 Å². The third kappa shape index (κ3) is 4.15. The molecule has 1 heterocycles. The minimum absolute atomic E-state index is 0.231. The number of rotatable bonds is 5. The number of aliphatic hydroxyl groups is 1. The topological polar surface area (TPSA) is 82.1 Å². The monoisotopic (exact) mass is 374 g/mol. The van der Waals surface area contributed by atoms with Gasteiger partial charge in [0.15, 0.2) is 18.1 Å². The van der Waals surface area contributed by atoms with E-state index >= 15 is 0 Å². The number of hydrogen-bond acceptors (Lipinski definition) is 6. The number of benzene rings is 2. The molecule has 1 fully saturated rings. The molecule has 0 aliphatic carbocycles. The third-order valence-electron chi connectivity index (χ3n) is 4.31. The van der Waals surface area contributed by atoms with Gasteiger partial charge in [0.05, 0.1) is 11.1 Å². The van der Waals surface area contributed by atoms with Gasteiger partial charge in [0, 0.05) is 0 Å². The largest absolute Gasteiger partial charge is 0.459 e. The SMILES string of the molecule is C[C@@]1(F)C(O)O[C@H](COC(=O)c2ccccc2)[C@H]1OC(=O)c1ccccc1. The second-order valence-corrected chi connectivity index (χ2v) is 6.33. The van der Waals surface area contributed by atoms with Crippen molar-refractivity contribution in [1.29, 1.82) is 0 Å². The first-order valence-electron chi connectivity index (χ1n) is 8.40. The molecule has 3 rings (SSSR count). The Labute approximate surface area is 155 Å². The molecule has 2 aromatic carbocycles. The van der Waals surface area contributed by atoms with Crippen molar-refractivity contribution in [2.24, 2.45) is 0 Å². The van der Waals surface area contributed by atoms with Crippen molar-refractivity contribution in [3.63, 3.8) is 0 Å². The number of aliphatic hydroxyl groups excluding tert-OH is 1. The Kier molecular flexibility index (Phi) is 5.53. The minimum Gasteiger partial charge on any atom is -0.459 e. The highest BCUT2D eigenvalue weighted by molar-refractivity contribution is 5.90. The van der Waals surface area contributed by atoms with Crippen LogP contribution in [-0.4, -0.2) is 47.8 Å². The molecule has 4 atom stereocenters. The molecule has 1 N–H and O–H groups in total.